The molecule has 0 spiro atoms. The standard InChI is InChI=1S/C18H26N4O2/c23-17-4-2-1-3-15(19-17)12-21-9-13(10-21)11-22-18(24)8-7-16(20-22)14-5-6-14/h7-8,13-15H,1-6,9-12H2,(H,19,23). The molecule has 130 valence electrons. The van der Waals surface area contributed by atoms with Crippen molar-refractivity contribution in [1.82, 2.24) is 20.0 Å². The lowest BCUT2D eigenvalue weighted by atomic mass is 9.98. The monoisotopic (exact) mass is 330 g/mol. The lowest BCUT2D eigenvalue weighted by molar-refractivity contribution is -0.121. The summed E-state index contributed by atoms with van der Waals surface area (Å²) >= 11 is 0. The van der Waals surface area contributed by atoms with Gasteiger partial charge in [0.25, 0.3) is 5.56 Å². The number of hydrogen-bond acceptors (Lipinski definition) is 4. The fraction of sp³-hybridized carbons (Fsp3) is 0.722. The van der Waals surface area contributed by atoms with Crippen molar-refractivity contribution in [2.75, 3.05) is 19.6 Å². The Kier molecular flexibility index (Phi) is 4.39. The molecule has 1 aromatic rings. The zero-order valence-corrected chi connectivity index (χ0v) is 14.1. The predicted molar refractivity (Wildman–Crippen MR) is 90.8 cm³/mol. The number of nitrogens with zero attached hydrogens (tertiary/aromatic N) is 3. The quantitative estimate of drug-likeness (QED) is 0.878. The summed E-state index contributed by atoms with van der Waals surface area (Å²) in [6.07, 6.45) is 6.30. The molecule has 1 amide bonds. The third kappa shape index (κ3) is 3.69. The maximum absolute atomic E-state index is 12.0. The molecule has 1 atom stereocenters. The largest absolute Gasteiger partial charge is 0.352 e. The van der Waals surface area contributed by atoms with E-state index in [1.165, 1.54) is 12.8 Å². The Balaban J connectivity index is 1.28. The molecule has 3 aliphatic rings. The summed E-state index contributed by atoms with van der Waals surface area (Å²) in [6, 6.07) is 3.84. The Hall–Kier alpha value is -1.69. The van der Waals surface area contributed by atoms with Crippen LogP contribution >= 0.6 is 0 Å². The predicted octanol–water partition coefficient (Wildman–Crippen LogP) is 1.11. The molecule has 1 N–H and O–H groups in total. The number of amides is 1. The van der Waals surface area contributed by atoms with Gasteiger partial charge in [0.05, 0.1) is 12.2 Å². The Labute approximate surface area is 142 Å². The normalized spacial score (nSPS) is 25.8. The van der Waals surface area contributed by atoms with Crippen LogP contribution in [-0.2, 0) is 11.3 Å². The maximum atomic E-state index is 12.0. The van der Waals surface area contributed by atoms with Gasteiger partial charge in [0.2, 0.25) is 5.91 Å². The number of nitrogens with one attached hydrogen (secondary N) is 1. The second-order valence-electron chi connectivity index (χ2n) is 7.65. The van der Waals surface area contributed by atoms with Crippen LogP contribution in [0.1, 0.15) is 50.1 Å². The molecule has 6 heteroatoms. The summed E-state index contributed by atoms with van der Waals surface area (Å²) in [6.45, 7) is 3.64. The average Bonchev–Trinajstić information content (AvgIpc) is 3.35. The van der Waals surface area contributed by atoms with E-state index >= 15 is 0 Å². The van der Waals surface area contributed by atoms with E-state index < -0.39 is 0 Å². The summed E-state index contributed by atoms with van der Waals surface area (Å²) in [4.78, 5) is 26.0. The lowest BCUT2D eigenvalue weighted by Gasteiger charge is -2.41. The fourth-order valence-corrected chi connectivity index (χ4v) is 3.88. The first-order valence-corrected chi connectivity index (χ1v) is 9.27. The van der Waals surface area contributed by atoms with Gasteiger partial charge >= 0.3 is 0 Å². The highest BCUT2D eigenvalue weighted by atomic mass is 16.1. The number of carbonyl (C=O) groups excluding carboxylic acids is 1. The zero-order chi connectivity index (χ0) is 16.5. The second-order valence-corrected chi connectivity index (χ2v) is 7.65. The van der Waals surface area contributed by atoms with Crippen LogP contribution in [0, 0.1) is 5.92 Å². The van der Waals surface area contributed by atoms with Gasteiger partial charge in [-0.15, -0.1) is 0 Å². The minimum absolute atomic E-state index is 0.00822. The van der Waals surface area contributed by atoms with E-state index in [-0.39, 0.29) is 11.5 Å². The molecule has 2 aliphatic heterocycles. The molecule has 1 aliphatic carbocycles. The number of hydrogen-bond donors (Lipinski definition) is 1. The summed E-state index contributed by atoms with van der Waals surface area (Å²) < 4.78 is 1.66. The van der Waals surface area contributed by atoms with Crippen LogP contribution < -0.4 is 10.9 Å². The van der Waals surface area contributed by atoms with Crippen LogP contribution in [-0.4, -0.2) is 46.3 Å². The van der Waals surface area contributed by atoms with Gasteiger partial charge in [0.15, 0.2) is 0 Å². The third-order valence-electron chi connectivity index (χ3n) is 5.40. The molecule has 4 rings (SSSR count). The first kappa shape index (κ1) is 15.8. The molecule has 2 saturated heterocycles. The Morgan fingerprint density at radius 1 is 1.08 bits per heavy atom. The van der Waals surface area contributed by atoms with E-state index in [0.29, 0.717) is 30.8 Å². The SMILES string of the molecule is O=C1CCCCC(CN2CC(Cn3nc(C4CC4)ccc3=O)C2)N1. The van der Waals surface area contributed by atoms with Crippen molar-refractivity contribution in [2.45, 2.75) is 57.0 Å². The first-order valence-electron chi connectivity index (χ1n) is 9.27. The highest BCUT2D eigenvalue weighted by Crippen LogP contribution is 2.38. The van der Waals surface area contributed by atoms with E-state index in [1.54, 1.807) is 10.7 Å². The summed E-state index contributed by atoms with van der Waals surface area (Å²) in [5.41, 5.74) is 1.08. The van der Waals surface area contributed by atoms with Crippen molar-refractivity contribution in [2.24, 2.45) is 5.92 Å². The minimum Gasteiger partial charge on any atom is -0.352 e. The van der Waals surface area contributed by atoms with E-state index in [9.17, 15) is 9.59 Å². The van der Waals surface area contributed by atoms with Gasteiger partial charge < -0.3 is 10.2 Å². The van der Waals surface area contributed by atoms with Crippen LogP contribution in [0.15, 0.2) is 16.9 Å². The van der Waals surface area contributed by atoms with E-state index in [4.69, 9.17) is 0 Å². The van der Waals surface area contributed by atoms with Crippen LogP contribution in [0.3, 0.4) is 0 Å². The first-order chi connectivity index (χ1) is 11.7. The van der Waals surface area contributed by atoms with Gasteiger partial charge in [-0.25, -0.2) is 4.68 Å². The molecule has 0 bridgehead atoms. The van der Waals surface area contributed by atoms with Crippen molar-refractivity contribution in [1.29, 1.82) is 0 Å². The van der Waals surface area contributed by atoms with E-state index in [2.05, 4.69) is 15.3 Å². The van der Waals surface area contributed by atoms with Crippen LogP contribution in [0.25, 0.3) is 0 Å². The van der Waals surface area contributed by atoms with Gasteiger partial charge in [-0.05, 0) is 31.7 Å². The molecule has 3 heterocycles. The summed E-state index contributed by atoms with van der Waals surface area (Å²) in [5.74, 6) is 1.27. The van der Waals surface area contributed by atoms with Gasteiger partial charge in [-0.3, -0.25) is 9.59 Å². The Bertz CT molecular complexity index is 661. The van der Waals surface area contributed by atoms with Gasteiger partial charge in [-0.1, -0.05) is 6.42 Å². The average molecular weight is 330 g/mol. The summed E-state index contributed by atoms with van der Waals surface area (Å²) in [5, 5.41) is 7.68. The van der Waals surface area contributed by atoms with Crippen molar-refractivity contribution in [3.63, 3.8) is 0 Å². The number of likely N-dealkylation sites (tertiary alicyclic amines) is 1. The molecule has 1 unspecified atom stereocenters. The van der Waals surface area contributed by atoms with Crippen molar-refractivity contribution in [3.8, 4) is 0 Å². The van der Waals surface area contributed by atoms with E-state index in [0.717, 1.165) is 44.6 Å². The summed E-state index contributed by atoms with van der Waals surface area (Å²) in [7, 11) is 0. The number of aromatic nitrogens is 2. The molecule has 1 aromatic heterocycles. The zero-order valence-electron chi connectivity index (χ0n) is 14.1. The number of carbonyl (C=O) groups is 1. The van der Waals surface area contributed by atoms with Gasteiger partial charge in [0, 0.05) is 50.0 Å². The van der Waals surface area contributed by atoms with Crippen LogP contribution in [0.5, 0.6) is 0 Å². The fourth-order valence-electron chi connectivity index (χ4n) is 3.88. The topological polar surface area (TPSA) is 67.2 Å². The highest BCUT2D eigenvalue weighted by molar-refractivity contribution is 5.76. The molecule has 0 radical (unpaired) electrons. The molecular weight excluding hydrogens is 304 g/mol. The lowest BCUT2D eigenvalue weighted by Crippen LogP contribution is -2.54. The van der Waals surface area contributed by atoms with Gasteiger partial charge in [-0.2, -0.15) is 5.10 Å². The Morgan fingerprint density at radius 3 is 2.71 bits per heavy atom. The van der Waals surface area contributed by atoms with Crippen LogP contribution in [0.4, 0.5) is 0 Å². The Morgan fingerprint density at radius 2 is 1.92 bits per heavy atom. The third-order valence-corrected chi connectivity index (χ3v) is 5.40. The molecule has 1 saturated carbocycles. The van der Waals surface area contributed by atoms with E-state index in [1.807, 2.05) is 6.07 Å². The second kappa shape index (κ2) is 6.67. The van der Waals surface area contributed by atoms with Crippen molar-refractivity contribution in [3.05, 3.63) is 28.2 Å². The molecule has 0 aromatic carbocycles. The molecule has 24 heavy (non-hydrogen) atoms. The smallest absolute Gasteiger partial charge is 0.266 e. The molecule has 3 fully saturated rings. The minimum atomic E-state index is 0.00822. The van der Waals surface area contributed by atoms with Crippen molar-refractivity contribution < 1.29 is 4.79 Å². The van der Waals surface area contributed by atoms with Crippen molar-refractivity contribution >= 4 is 5.91 Å². The molecular formula is C18H26N4O2. The van der Waals surface area contributed by atoms with Crippen LogP contribution in [0.2, 0.25) is 0 Å². The van der Waals surface area contributed by atoms with Gasteiger partial charge in [0.1, 0.15) is 0 Å². The number of rotatable bonds is 5. The maximum Gasteiger partial charge on any atom is 0.266 e. The highest BCUT2D eigenvalue weighted by Gasteiger charge is 2.31. The molecule has 6 nitrogen and oxygen atoms in total.